The molecule has 0 aliphatic carbocycles. The Hall–Kier alpha value is 0.530. The van der Waals surface area contributed by atoms with Gasteiger partial charge in [-0.1, -0.05) is 0 Å². The van der Waals surface area contributed by atoms with Gasteiger partial charge in [-0.05, 0) is 6.42 Å². The van der Waals surface area contributed by atoms with Crippen molar-refractivity contribution in [2.24, 2.45) is 0 Å². The molecule has 3 rings (SSSR count). The fourth-order valence-electron chi connectivity index (χ4n) is 3.49. The van der Waals surface area contributed by atoms with Crippen LogP contribution in [0.15, 0.2) is 0 Å². The summed E-state index contributed by atoms with van der Waals surface area (Å²) in [7, 11) is 0. The van der Waals surface area contributed by atoms with Gasteiger partial charge in [0.15, 0.2) is 0 Å². The van der Waals surface area contributed by atoms with Gasteiger partial charge in [0, 0.05) is 57.6 Å². The van der Waals surface area contributed by atoms with Gasteiger partial charge in [-0.2, -0.15) is 0 Å². The van der Waals surface area contributed by atoms with E-state index in [-0.39, 0.29) is 49.9 Å². The summed E-state index contributed by atoms with van der Waals surface area (Å²) < 4.78 is 0. The van der Waals surface area contributed by atoms with Crippen molar-refractivity contribution in [3.8, 4) is 0 Å². The predicted molar refractivity (Wildman–Crippen MR) is 106 cm³/mol. The van der Waals surface area contributed by atoms with E-state index in [0.29, 0.717) is 11.9 Å². The van der Waals surface area contributed by atoms with Crippen LogP contribution in [0.25, 0.3) is 0 Å². The maximum atomic E-state index is 12.4. The number of rotatable bonds is 4. The highest BCUT2D eigenvalue weighted by Gasteiger charge is 2.36. The molecule has 0 saturated carbocycles. The molecule has 3 saturated heterocycles. The van der Waals surface area contributed by atoms with Gasteiger partial charge in [-0.15, -0.1) is 49.0 Å². The molecule has 3 aliphatic rings. The molecule has 3 heterocycles. The Morgan fingerprint density at radius 3 is 2.42 bits per heavy atom. The number of hydrogen-bond donors (Lipinski definition) is 2. The molecule has 0 radical (unpaired) electrons. The molecule has 144 valence electrons. The summed E-state index contributed by atoms with van der Waals surface area (Å²) in [5, 5.41) is 12.4. The van der Waals surface area contributed by atoms with Gasteiger partial charge in [0.25, 0.3) is 0 Å². The molecule has 0 aromatic heterocycles. The molecule has 10 heteroatoms. The van der Waals surface area contributed by atoms with Crippen molar-refractivity contribution in [3.63, 3.8) is 0 Å². The van der Waals surface area contributed by atoms with Crippen molar-refractivity contribution >= 4 is 54.9 Å². The zero-order valence-corrected chi connectivity index (χ0v) is 17.0. The Bertz CT molecular complexity index is 370. The predicted octanol–water partition coefficient (Wildman–Crippen LogP) is 0.125. The number of thioether (sulfide) groups is 1. The Balaban J connectivity index is 0.00000176. The van der Waals surface area contributed by atoms with Crippen molar-refractivity contribution in [1.82, 2.24) is 20.0 Å². The summed E-state index contributed by atoms with van der Waals surface area (Å²) in [4.78, 5) is 19.2. The fraction of sp³-hybridized carbons (Fsp3) is 0.929. The summed E-state index contributed by atoms with van der Waals surface area (Å²) in [6.45, 7) is 7.01. The zero-order valence-electron chi connectivity index (χ0n) is 13.8. The van der Waals surface area contributed by atoms with Crippen LogP contribution in [0.1, 0.15) is 6.42 Å². The molecule has 0 unspecified atom stereocenters. The molecular weight excluding hydrogens is 395 g/mol. The van der Waals surface area contributed by atoms with E-state index in [4.69, 9.17) is 5.11 Å². The first-order valence-corrected chi connectivity index (χ1v) is 9.10. The number of halogens is 3. The standard InChI is InChI=1S/C14H26N4O2S.3ClH/c19-7-5-16-1-3-17(4-2-16)12-9-13(15-10-12)14(20)18-6-8-21-11-18;;;/h12-13,15,19H,1-11H2;3*1H/t12-,13-;;;/m0.../s1. The molecule has 0 aromatic carbocycles. The van der Waals surface area contributed by atoms with E-state index < -0.39 is 0 Å². The van der Waals surface area contributed by atoms with E-state index in [0.717, 1.165) is 63.9 Å². The van der Waals surface area contributed by atoms with Crippen LogP contribution in [0.3, 0.4) is 0 Å². The van der Waals surface area contributed by atoms with Gasteiger partial charge in [0.2, 0.25) is 5.91 Å². The number of hydrogen-bond acceptors (Lipinski definition) is 6. The third-order valence-corrected chi connectivity index (χ3v) is 5.78. The summed E-state index contributed by atoms with van der Waals surface area (Å²) in [5.74, 6) is 2.23. The molecule has 2 atom stereocenters. The number of piperazine rings is 1. The summed E-state index contributed by atoms with van der Waals surface area (Å²) >= 11 is 1.84. The van der Waals surface area contributed by atoms with Crippen LogP contribution in [-0.2, 0) is 4.79 Å². The Morgan fingerprint density at radius 1 is 1.12 bits per heavy atom. The first kappa shape index (κ1) is 24.5. The normalized spacial score (nSPS) is 28.0. The number of amides is 1. The Kier molecular flexibility index (Phi) is 12.3. The quantitative estimate of drug-likeness (QED) is 0.670. The minimum atomic E-state index is 0. The van der Waals surface area contributed by atoms with Crippen molar-refractivity contribution in [1.29, 1.82) is 0 Å². The molecule has 0 spiro atoms. The van der Waals surface area contributed by atoms with Gasteiger partial charge >= 0.3 is 0 Å². The van der Waals surface area contributed by atoms with Gasteiger partial charge in [0.1, 0.15) is 0 Å². The van der Waals surface area contributed by atoms with E-state index in [9.17, 15) is 4.79 Å². The average Bonchev–Trinajstić information content (AvgIpc) is 3.19. The molecular formula is C14H29Cl3N4O2S. The zero-order chi connectivity index (χ0) is 14.7. The minimum Gasteiger partial charge on any atom is -0.395 e. The summed E-state index contributed by atoms with van der Waals surface area (Å²) in [6.07, 6.45) is 0.944. The maximum absolute atomic E-state index is 12.4. The van der Waals surface area contributed by atoms with Crippen LogP contribution in [0.4, 0.5) is 0 Å². The fourth-order valence-corrected chi connectivity index (χ4v) is 4.44. The topological polar surface area (TPSA) is 59.1 Å². The van der Waals surface area contributed by atoms with Crippen LogP contribution in [-0.4, -0.2) is 102 Å². The number of carbonyl (C=O) groups is 1. The number of aliphatic hydroxyl groups is 1. The first-order chi connectivity index (χ1) is 10.3. The van der Waals surface area contributed by atoms with Crippen LogP contribution in [0, 0.1) is 0 Å². The SMILES string of the molecule is Cl.Cl.Cl.O=C([C@@H]1C[C@H](N2CCN(CCO)CC2)CN1)N1CCSC1. The largest absolute Gasteiger partial charge is 0.395 e. The number of aliphatic hydroxyl groups excluding tert-OH is 1. The third kappa shape index (κ3) is 6.06. The van der Waals surface area contributed by atoms with Gasteiger partial charge in [-0.25, -0.2) is 0 Å². The smallest absolute Gasteiger partial charge is 0.240 e. The van der Waals surface area contributed by atoms with Crippen molar-refractivity contribution in [2.75, 3.05) is 64.0 Å². The number of nitrogens with one attached hydrogen (secondary N) is 1. The highest BCUT2D eigenvalue weighted by Crippen LogP contribution is 2.20. The van der Waals surface area contributed by atoms with E-state index in [1.807, 2.05) is 16.7 Å². The van der Waals surface area contributed by atoms with Gasteiger partial charge < -0.3 is 15.3 Å². The van der Waals surface area contributed by atoms with Crippen LogP contribution >= 0.6 is 49.0 Å². The molecule has 0 bridgehead atoms. The lowest BCUT2D eigenvalue weighted by atomic mass is 10.1. The molecule has 3 fully saturated rings. The summed E-state index contributed by atoms with van der Waals surface area (Å²) in [6, 6.07) is 0.509. The van der Waals surface area contributed by atoms with E-state index in [1.165, 1.54) is 0 Å². The van der Waals surface area contributed by atoms with Crippen molar-refractivity contribution < 1.29 is 9.90 Å². The third-order valence-electron chi connectivity index (χ3n) is 4.81. The van der Waals surface area contributed by atoms with Gasteiger partial charge in [-0.3, -0.25) is 14.6 Å². The van der Waals surface area contributed by atoms with Gasteiger partial charge in [0.05, 0.1) is 18.5 Å². The average molecular weight is 424 g/mol. The Morgan fingerprint density at radius 2 is 1.83 bits per heavy atom. The Labute approximate surface area is 167 Å². The minimum absolute atomic E-state index is 0. The molecule has 0 aromatic rings. The van der Waals surface area contributed by atoms with E-state index in [1.54, 1.807) is 0 Å². The monoisotopic (exact) mass is 422 g/mol. The first-order valence-electron chi connectivity index (χ1n) is 7.95. The second-order valence-corrected chi connectivity index (χ2v) is 7.17. The second kappa shape index (κ2) is 12.0. The lowest BCUT2D eigenvalue weighted by Crippen LogP contribution is -2.51. The lowest BCUT2D eigenvalue weighted by molar-refractivity contribution is -0.131. The second-order valence-electron chi connectivity index (χ2n) is 6.09. The van der Waals surface area contributed by atoms with Crippen molar-refractivity contribution in [2.45, 2.75) is 18.5 Å². The van der Waals surface area contributed by atoms with E-state index >= 15 is 0 Å². The van der Waals surface area contributed by atoms with Crippen LogP contribution in [0.2, 0.25) is 0 Å². The maximum Gasteiger partial charge on any atom is 0.240 e. The summed E-state index contributed by atoms with van der Waals surface area (Å²) in [5.41, 5.74) is 0. The van der Waals surface area contributed by atoms with Crippen LogP contribution in [0.5, 0.6) is 0 Å². The molecule has 2 N–H and O–H groups in total. The molecule has 6 nitrogen and oxygen atoms in total. The highest BCUT2D eigenvalue weighted by atomic mass is 35.5. The number of nitrogens with zero attached hydrogens (tertiary/aromatic N) is 3. The number of β-amino-alcohol motifs (C(OH)–C–C–N with tert-alkyl or cyclic N) is 1. The molecule has 24 heavy (non-hydrogen) atoms. The number of carbonyl (C=O) groups excluding carboxylic acids is 1. The molecule has 1 amide bonds. The van der Waals surface area contributed by atoms with Crippen LogP contribution < -0.4 is 5.32 Å². The van der Waals surface area contributed by atoms with E-state index in [2.05, 4.69) is 15.1 Å². The lowest BCUT2D eigenvalue weighted by Gasteiger charge is -2.37. The highest BCUT2D eigenvalue weighted by molar-refractivity contribution is 7.99. The van der Waals surface area contributed by atoms with Crippen molar-refractivity contribution in [3.05, 3.63) is 0 Å². The molecule has 3 aliphatic heterocycles.